The Morgan fingerprint density at radius 2 is 2.15 bits per heavy atom. The molecule has 7 nitrogen and oxygen atoms in total. The van der Waals surface area contributed by atoms with Crippen molar-refractivity contribution in [3.63, 3.8) is 0 Å². The van der Waals surface area contributed by atoms with Crippen LogP contribution >= 0.6 is 11.8 Å². The Morgan fingerprint density at radius 1 is 1.37 bits per heavy atom. The standard InChI is InChI=1S/C19H24N4O3S/c1-12-9-15(12)16-8-7-14(26-16)10-20-23-18(13-5-3-2-4-6-13)21-22-19(23)27-11-17(24)25/h7-8,10,12-13,15H,2-6,9,11H2,1H3,(H,24,25)/b20-10-/t12-,15-/m1/s1. The van der Waals surface area contributed by atoms with Crippen LogP contribution in [0, 0.1) is 5.92 Å². The van der Waals surface area contributed by atoms with Crippen molar-refractivity contribution in [2.24, 2.45) is 11.0 Å². The quantitative estimate of drug-likeness (QED) is 0.567. The van der Waals surface area contributed by atoms with Gasteiger partial charge in [0.15, 0.2) is 5.82 Å². The Kier molecular flexibility index (Phi) is 5.33. The molecule has 4 rings (SSSR count). The van der Waals surface area contributed by atoms with Crippen molar-refractivity contribution in [2.45, 2.75) is 62.4 Å². The number of carboxylic acids is 1. The zero-order valence-corrected chi connectivity index (χ0v) is 16.2. The van der Waals surface area contributed by atoms with E-state index < -0.39 is 5.97 Å². The number of nitrogens with zero attached hydrogens (tertiary/aromatic N) is 4. The van der Waals surface area contributed by atoms with E-state index >= 15 is 0 Å². The fraction of sp³-hybridized carbons (Fsp3) is 0.579. The minimum Gasteiger partial charge on any atom is -0.481 e. The van der Waals surface area contributed by atoms with Crippen LogP contribution in [0.1, 0.15) is 74.6 Å². The van der Waals surface area contributed by atoms with E-state index in [0.717, 1.165) is 36.2 Å². The molecule has 2 heterocycles. The van der Waals surface area contributed by atoms with Crippen LogP contribution in [0.15, 0.2) is 26.8 Å². The van der Waals surface area contributed by atoms with Gasteiger partial charge in [-0.3, -0.25) is 4.79 Å². The molecule has 2 saturated carbocycles. The van der Waals surface area contributed by atoms with Crippen LogP contribution in [0.4, 0.5) is 0 Å². The predicted molar refractivity (Wildman–Crippen MR) is 102 cm³/mol. The number of hydrogen-bond donors (Lipinski definition) is 1. The van der Waals surface area contributed by atoms with Gasteiger partial charge in [0.05, 0.1) is 12.0 Å². The van der Waals surface area contributed by atoms with Gasteiger partial charge in [-0.15, -0.1) is 10.2 Å². The third-order valence-electron chi connectivity index (χ3n) is 5.35. The molecule has 8 heteroatoms. The first-order valence-corrected chi connectivity index (χ1v) is 10.5. The molecule has 27 heavy (non-hydrogen) atoms. The van der Waals surface area contributed by atoms with Gasteiger partial charge in [-0.05, 0) is 37.3 Å². The lowest BCUT2D eigenvalue weighted by Crippen LogP contribution is -2.11. The summed E-state index contributed by atoms with van der Waals surface area (Å²) in [5, 5.41) is 22.6. The first kappa shape index (κ1) is 18.3. The highest BCUT2D eigenvalue weighted by Gasteiger charge is 2.36. The van der Waals surface area contributed by atoms with E-state index in [2.05, 4.69) is 22.2 Å². The minimum absolute atomic E-state index is 0.0667. The van der Waals surface area contributed by atoms with Crippen LogP contribution in [0.3, 0.4) is 0 Å². The van der Waals surface area contributed by atoms with Gasteiger partial charge in [0, 0.05) is 11.8 Å². The van der Waals surface area contributed by atoms with Gasteiger partial charge in [-0.2, -0.15) is 9.78 Å². The van der Waals surface area contributed by atoms with Crippen LogP contribution in [-0.4, -0.2) is 37.9 Å². The fourth-order valence-electron chi connectivity index (χ4n) is 3.69. The molecule has 0 radical (unpaired) electrons. The normalized spacial score (nSPS) is 23.1. The molecule has 0 unspecified atom stereocenters. The maximum absolute atomic E-state index is 10.9. The smallest absolute Gasteiger partial charge is 0.313 e. The lowest BCUT2D eigenvalue weighted by atomic mass is 9.89. The molecule has 0 amide bonds. The Balaban J connectivity index is 1.56. The monoisotopic (exact) mass is 388 g/mol. The highest BCUT2D eigenvalue weighted by Crippen LogP contribution is 2.47. The molecule has 2 fully saturated rings. The number of aliphatic carboxylic acids is 1. The highest BCUT2D eigenvalue weighted by molar-refractivity contribution is 7.99. The average Bonchev–Trinajstić information content (AvgIpc) is 3.08. The van der Waals surface area contributed by atoms with E-state index in [0.29, 0.717) is 28.7 Å². The van der Waals surface area contributed by atoms with Gasteiger partial charge in [0.2, 0.25) is 5.16 Å². The number of hydrogen-bond acceptors (Lipinski definition) is 6. The van der Waals surface area contributed by atoms with E-state index in [1.165, 1.54) is 25.7 Å². The van der Waals surface area contributed by atoms with Crippen molar-refractivity contribution >= 4 is 23.9 Å². The van der Waals surface area contributed by atoms with E-state index in [1.54, 1.807) is 10.9 Å². The van der Waals surface area contributed by atoms with Crippen molar-refractivity contribution < 1.29 is 14.3 Å². The predicted octanol–water partition coefficient (Wildman–Crippen LogP) is 4.10. The topological polar surface area (TPSA) is 93.5 Å². The molecular formula is C19H24N4O3S. The number of carboxylic acid groups (broad SMARTS) is 1. The zero-order chi connectivity index (χ0) is 18.8. The Hall–Kier alpha value is -2.09. The maximum atomic E-state index is 10.9. The molecular weight excluding hydrogens is 364 g/mol. The second kappa shape index (κ2) is 7.88. The molecule has 0 spiro atoms. The summed E-state index contributed by atoms with van der Waals surface area (Å²) in [7, 11) is 0. The Labute approximate surface area is 162 Å². The lowest BCUT2D eigenvalue weighted by molar-refractivity contribution is -0.133. The summed E-state index contributed by atoms with van der Waals surface area (Å²) in [5.74, 6) is 3.12. The SMILES string of the molecule is C[C@@H]1C[C@H]1c1ccc(/C=N\n2c(SCC(=O)O)nnc2C2CCCCC2)o1. The summed E-state index contributed by atoms with van der Waals surface area (Å²) >= 11 is 1.14. The minimum atomic E-state index is -0.882. The van der Waals surface area contributed by atoms with Gasteiger partial charge in [-0.25, -0.2) is 0 Å². The summed E-state index contributed by atoms with van der Waals surface area (Å²) in [4.78, 5) is 10.9. The van der Waals surface area contributed by atoms with Crippen molar-refractivity contribution in [2.75, 3.05) is 5.75 Å². The second-order valence-electron chi connectivity index (χ2n) is 7.47. The molecule has 2 aromatic heterocycles. The van der Waals surface area contributed by atoms with Crippen molar-refractivity contribution in [3.05, 3.63) is 29.5 Å². The third-order valence-corrected chi connectivity index (χ3v) is 6.26. The lowest BCUT2D eigenvalue weighted by Gasteiger charge is -2.20. The van der Waals surface area contributed by atoms with Gasteiger partial charge in [0.1, 0.15) is 11.5 Å². The molecule has 2 aromatic rings. The number of furan rings is 1. The second-order valence-corrected chi connectivity index (χ2v) is 8.42. The maximum Gasteiger partial charge on any atom is 0.313 e. The molecule has 0 bridgehead atoms. The van der Waals surface area contributed by atoms with Crippen LogP contribution in [0.2, 0.25) is 0 Å². The van der Waals surface area contributed by atoms with Crippen LogP contribution in [0.25, 0.3) is 0 Å². The van der Waals surface area contributed by atoms with Gasteiger partial charge < -0.3 is 9.52 Å². The number of thioether (sulfide) groups is 1. The van der Waals surface area contributed by atoms with Crippen molar-refractivity contribution in [1.29, 1.82) is 0 Å². The Bertz CT molecular complexity index is 838. The number of aromatic nitrogens is 3. The first-order chi connectivity index (χ1) is 13.1. The average molecular weight is 388 g/mol. The van der Waals surface area contributed by atoms with Gasteiger partial charge >= 0.3 is 5.97 Å². The van der Waals surface area contributed by atoms with Crippen LogP contribution in [0.5, 0.6) is 0 Å². The molecule has 0 aromatic carbocycles. The zero-order valence-electron chi connectivity index (χ0n) is 15.4. The molecule has 2 aliphatic carbocycles. The first-order valence-electron chi connectivity index (χ1n) is 9.56. The third kappa shape index (κ3) is 4.26. The molecule has 144 valence electrons. The van der Waals surface area contributed by atoms with Crippen molar-refractivity contribution in [1.82, 2.24) is 14.9 Å². The van der Waals surface area contributed by atoms with E-state index in [9.17, 15) is 4.79 Å². The van der Waals surface area contributed by atoms with Gasteiger partial charge in [-0.1, -0.05) is 37.9 Å². The van der Waals surface area contributed by atoms with Crippen LogP contribution in [-0.2, 0) is 4.79 Å². The summed E-state index contributed by atoms with van der Waals surface area (Å²) < 4.78 is 7.60. The van der Waals surface area contributed by atoms with E-state index in [1.807, 2.05) is 12.1 Å². The number of carbonyl (C=O) groups is 1. The summed E-state index contributed by atoms with van der Waals surface area (Å²) in [6.45, 7) is 2.22. The molecule has 0 saturated heterocycles. The molecule has 2 atom stereocenters. The van der Waals surface area contributed by atoms with Crippen molar-refractivity contribution in [3.8, 4) is 0 Å². The summed E-state index contributed by atoms with van der Waals surface area (Å²) in [6, 6.07) is 3.95. The van der Waals surface area contributed by atoms with E-state index in [4.69, 9.17) is 9.52 Å². The summed E-state index contributed by atoms with van der Waals surface area (Å²) in [5.41, 5.74) is 0. The number of rotatable bonds is 7. The summed E-state index contributed by atoms with van der Waals surface area (Å²) in [6.07, 6.45) is 8.61. The van der Waals surface area contributed by atoms with Gasteiger partial charge in [0.25, 0.3) is 0 Å². The highest BCUT2D eigenvalue weighted by atomic mass is 32.2. The molecule has 2 aliphatic rings. The van der Waals surface area contributed by atoms with E-state index in [-0.39, 0.29) is 5.75 Å². The fourth-order valence-corrected chi connectivity index (χ4v) is 4.30. The Morgan fingerprint density at radius 3 is 2.85 bits per heavy atom. The van der Waals surface area contributed by atoms with Crippen LogP contribution < -0.4 is 0 Å². The molecule has 1 N–H and O–H groups in total. The largest absolute Gasteiger partial charge is 0.481 e. The molecule has 0 aliphatic heterocycles.